The lowest BCUT2D eigenvalue weighted by atomic mass is 9.71. The third-order valence-corrected chi connectivity index (χ3v) is 5.23. The Hall–Kier alpha value is -3.07. The molecule has 2 aromatic rings. The number of pyridine rings is 1. The summed E-state index contributed by atoms with van der Waals surface area (Å²) in [5.74, 6) is -0.589. The molecule has 3 rings (SSSR count). The van der Waals surface area contributed by atoms with Crippen LogP contribution in [0.5, 0.6) is 0 Å². The smallest absolute Gasteiger partial charge is 0.255 e. The van der Waals surface area contributed by atoms with Crippen molar-refractivity contribution in [2.75, 3.05) is 13.6 Å². The van der Waals surface area contributed by atoms with Crippen LogP contribution in [0, 0.1) is 28.5 Å². The zero-order valence-electron chi connectivity index (χ0n) is 16.2. The molecule has 1 aliphatic rings. The van der Waals surface area contributed by atoms with E-state index in [2.05, 4.69) is 4.98 Å². The Labute approximate surface area is 163 Å². The fourth-order valence-corrected chi connectivity index (χ4v) is 3.65. The van der Waals surface area contributed by atoms with E-state index in [1.165, 1.54) is 18.3 Å². The van der Waals surface area contributed by atoms with E-state index in [4.69, 9.17) is 0 Å². The largest absolute Gasteiger partial charge is 0.342 e. The van der Waals surface area contributed by atoms with Crippen LogP contribution >= 0.6 is 0 Å². The molecule has 144 valence electrons. The minimum atomic E-state index is -0.565. The Morgan fingerprint density at radius 3 is 2.86 bits per heavy atom. The molecule has 0 aliphatic heterocycles. The van der Waals surface area contributed by atoms with Crippen LogP contribution in [-0.2, 0) is 4.79 Å². The van der Waals surface area contributed by atoms with Gasteiger partial charge in [-0.05, 0) is 37.0 Å². The molecule has 0 fully saturated rings. The number of rotatable bonds is 4. The standard InChI is InChI=1S/C22H22FN3O2/c1-22(2)11-14(8-16(12-24)20(22)27)6-7-26(3)21(28)17-9-15-4-5-18(23)10-19(15)25-13-17/h4-5,8-10,13-14H,6-7,11H2,1-3H3. The van der Waals surface area contributed by atoms with Gasteiger partial charge in [0, 0.05) is 36.7 Å². The molecule has 28 heavy (non-hydrogen) atoms. The van der Waals surface area contributed by atoms with Crippen molar-refractivity contribution in [1.82, 2.24) is 9.88 Å². The number of halogens is 1. The van der Waals surface area contributed by atoms with Crippen molar-refractivity contribution < 1.29 is 14.0 Å². The van der Waals surface area contributed by atoms with Gasteiger partial charge >= 0.3 is 0 Å². The Balaban J connectivity index is 1.69. The summed E-state index contributed by atoms with van der Waals surface area (Å²) in [5, 5.41) is 9.90. The third kappa shape index (κ3) is 3.94. The average molecular weight is 379 g/mol. The minimum Gasteiger partial charge on any atom is -0.342 e. The first-order valence-corrected chi connectivity index (χ1v) is 9.19. The molecule has 5 nitrogen and oxygen atoms in total. The number of hydrogen-bond acceptors (Lipinski definition) is 4. The second-order valence-electron chi connectivity index (χ2n) is 7.95. The van der Waals surface area contributed by atoms with Crippen LogP contribution in [0.3, 0.4) is 0 Å². The minimum absolute atomic E-state index is 0.0651. The maximum Gasteiger partial charge on any atom is 0.255 e. The maximum atomic E-state index is 13.3. The van der Waals surface area contributed by atoms with Crippen LogP contribution in [-0.4, -0.2) is 35.2 Å². The summed E-state index contributed by atoms with van der Waals surface area (Å²) in [4.78, 5) is 30.7. The van der Waals surface area contributed by atoms with Crippen LogP contribution in [0.25, 0.3) is 10.9 Å². The van der Waals surface area contributed by atoms with Crippen molar-refractivity contribution in [3.63, 3.8) is 0 Å². The lowest BCUT2D eigenvalue weighted by Gasteiger charge is -2.32. The first-order chi connectivity index (χ1) is 13.2. The monoisotopic (exact) mass is 379 g/mol. The van der Waals surface area contributed by atoms with E-state index in [0.717, 1.165) is 0 Å². The van der Waals surface area contributed by atoms with Crippen LogP contribution in [0.1, 0.15) is 37.0 Å². The number of nitriles is 1. The van der Waals surface area contributed by atoms with Gasteiger partial charge in [-0.2, -0.15) is 5.26 Å². The van der Waals surface area contributed by atoms with E-state index in [1.807, 2.05) is 19.9 Å². The van der Waals surface area contributed by atoms with Crippen molar-refractivity contribution >= 4 is 22.6 Å². The van der Waals surface area contributed by atoms with Gasteiger partial charge in [-0.1, -0.05) is 19.9 Å². The number of Topliss-reactive ketones (excluding diaryl/α,β-unsaturated/α-hetero) is 1. The zero-order chi connectivity index (χ0) is 20.5. The number of ketones is 1. The highest BCUT2D eigenvalue weighted by molar-refractivity contribution is 6.03. The van der Waals surface area contributed by atoms with Gasteiger partial charge in [-0.25, -0.2) is 4.39 Å². The first kappa shape index (κ1) is 19.7. The summed E-state index contributed by atoms with van der Waals surface area (Å²) in [6.07, 6.45) is 4.51. The molecule has 0 spiro atoms. The SMILES string of the molecule is CN(CCC1C=C(C#N)C(=O)C(C)(C)C1)C(=O)c1cnc2cc(F)ccc2c1. The molecular formula is C22H22FN3O2. The number of hydrogen-bond donors (Lipinski definition) is 0. The topological polar surface area (TPSA) is 74.1 Å². The van der Waals surface area contributed by atoms with Crippen LogP contribution < -0.4 is 0 Å². The van der Waals surface area contributed by atoms with Gasteiger partial charge in [0.25, 0.3) is 5.91 Å². The number of benzene rings is 1. The summed E-state index contributed by atoms with van der Waals surface area (Å²) in [5.41, 5.74) is 0.586. The quantitative estimate of drug-likeness (QED) is 0.807. The Bertz CT molecular complexity index is 1020. The molecule has 0 saturated heterocycles. The number of fused-ring (bicyclic) bond motifs is 1. The van der Waals surface area contributed by atoms with Gasteiger partial charge in [-0.15, -0.1) is 0 Å². The number of nitrogens with zero attached hydrogens (tertiary/aromatic N) is 3. The Morgan fingerprint density at radius 1 is 1.39 bits per heavy atom. The number of carbonyl (C=O) groups excluding carboxylic acids is 2. The maximum absolute atomic E-state index is 13.3. The molecule has 1 aromatic heterocycles. The highest BCUT2D eigenvalue weighted by Gasteiger charge is 2.36. The van der Waals surface area contributed by atoms with Gasteiger partial charge in [0.1, 0.15) is 11.9 Å². The highest BCUT2D eigenvalue weighted by atomic mass is 19.1. The summed E-state index contributed by atoms with van der Waals surface area (Å²) in [6, 6.07) is 7.97. The summed E-state index contributed by atoms with van der Waals surface area (Å²) in [6.45, 7) is 4.20. The molecule has 1 heterocycles. The summed E-state index contributed by atoms with van der Waals surface area (Å²) in [7, 11) is 1.71. The van der Waals surface area contributed by atoms with E-state index in [9.17, 15) is 19.2 Å². The van der Waals surface area contributed by atoms with Crippen LogP contribution in [0.2, 0.25) is 0 Å². The summed E-state index contributed by atoms with van der Waals surface area (Å²) < 4.78 is 13.3. The average Bonchev–Trinajstić information content (AvgIpc) is 2.67. The van der Waals surface area contributed by atoms with E-state index >= 15 is 0 Å². The molecule has 1 aliphatic carbocycles. The zero-order valence-corrected chi connectivity index (χ0v) is 16.2. The molecule has 0 N–H and O–H groups in total. The van der Waals surface area contributed by atoms with Crippen molar-refractivity contribution in [3.8, 4) is 6.07 Å². The van der Waals surface area contributed by atoms with E-state index in [-0.39, 0.29) is 29.0 Å². The molecule has 1 amide bonds. The van der Waals surface area contributed by atoms with Crippen molar-refractivity contribution in [2.45, 2.75) is 26.7 Å². The molecule has 0 bridgehead atoms. The molecule has 1 unspecified atom stereocenters. The predicted molar refractivity (Wildman–Crippen MR) is 104 cm³/mol. The molecular weight excluding hydrogens is 357 g/mol. The van der Waals surface area contributed by atoms with Gasteiger partial charge in [0.05, 0.1) is 16.7 Å². The Morgan fingerprint density at radius 2 is 2.14 bits per heavy atom. The number of aromatic nitrogens is 1. The number of carbonyl (C=O) groups is 2. The Kier molecular flexibility index (Phi) is 5.28. The van der Waals surface area contributed by atoms with Gasteiger partial charge in [0.2, 0.25) is 0 Å². The molecule has 1 aromatic carbocycles. The number of allylic oxidation sites excluding steroid dienone is 2. The van der Waals surface area contributed by atoms with Crippen LogP contribution in [0.4, 0.5) is 4.39 Å². The lowest BCUT2D eigenvalue weighted by Crippen LogP contribution is -2.34. The molecule has 6 heteroatoms. The van der Waals surface area contributed by atoms with Crippen molar-refractivity contribution in [2.24, 2.45) is 11.3 Å². The van der Waals surface area contributed by atoms with E-state index in [0.29, 0.717) is 35.9 Å². The van der Waals surface area contributed by atoms with Crippen molar-refractivity contribution in [3.05, 3.63) is 53.5 Å². The highest BCUT2D eigenvalue weighted by Crippen LogP contribution is 2.36. The van der Waals surface area contributed by atoms with E-state index in [1.54, 1.807) is 30.2 Å². The predicted octanol–water partition coefficient (Wildman–Crippen LogP) is 3.90. The fraction of sp³-hybridized carbons (Fsp3) is 0.364. The second-order valence-corrected chi connectivity index (χ2v) is 7.95. The van der Waals surface area contributed by atoms with Crippen LogP contribution in [0.15, 0.2) is 42.1 Å². The molecule has 0 radical (unpaired) electrons. The second kappa shape index (κ2) is 7.51. The van der Waals surface area contributed by atoms with Gasteiger partial charge < -0.3 is 4.90 Å². The first-order valence-electron chi connectivity index (χ1n) is 9.19. The van der Waals surface area contributed by atoms with E-state index < -0.39 is 5.41 Å². The van der Waals surface area contributed by atoms with Gasteiger partial charge in [0.15, 0.2) is 5.78 Å². The van der Waals surface area contributed by atoms with Gasteiger partial charge in [-0.3, -0.25) is 14.6 Å². The van der Waals surface area contributed by atoms with Crippen molar-refractivity contribution in [1.29, 1.82) is 5.26 Å². The third-order valence-electron chi connectivity index (χ3n) is 5.23. The lowest BCUT2D eigenvalue weighted by molar-refractivity contribution is -0.124. The fourth-order valence-electron chi connectivity index (χ4n) is 3.65. The summed E-state index contributed by atoms with van der Waals surface area (Å²) >= 11 is 0. The normalized spacial score (nSPS) is 18.5. The number of amides is 1. The molecule has 1 atom stereocenters. The molecule has 0 saturated carbocycles.